The van der Waals surface area contributed by atoms with E-state index < -0.39 is 0 Å². The number of halogens is 2. The summed E-state index contributed by atoms with van der Waals surface area (Å²) in [6, 6.07) is 15.4. The first-order chi connectivity index (χ1) is 13.6. The Hall–Kier alpha value is -2.30. The Morgan fingerprint density at radius 1 is 1.18 bits per heavy atom. The zero-order valence-electron chi connectivity index (χ0n) is 15.6. The molecule has 0 spiro atoms. The molecule has 1 N–H and O–H groups in total. The molecular formula is C22H22Cl2N2O2. The normalized spacial score (nSPS) is 12.0. The highest BCUT2D eigenvalue weighted by Gasteiger charge is 2.13. The molecule has 1 amide bonds. The van der Waals surface area contributed by atoms with E-state index in [-0.39, 0.29) is 5.91 Å². The molecule has 0 saturated heterocycles. The highest BCUT2D eigenvalue weighted by atomic mass is 35.5. The standard InChI is InChI=1S/C22H22Cl2N2O2/c1-2-15(16-6-4-3-5-7-16)13-25-21(27)10-11-22-26-14-20(28-22)18-9-8-17(23)12-19(18)24/h3-9,12,14-15H,2,10-11,13H2,1H3,(H,25,27). The number of carbonyl (C=O) groups is 1. The van der Waals surface area contributed by atoms with E-state index in [0.29, 0.717) is 47.0 Å². The lowest BCUT2D eigenvalue weighted by atomic mass is 9.96. The van der Waals surface area contributed by atoms with Crippen LogP contribution in [0.25, 0.3) is 11.3 Å². The van der Waals surface area contributed by atoms with E-state index in [9.17, 15) is 4.79 Å². The van der Waals surface area contributed by atoms with Gasteiger partial charge in [-0.1, -0.05) is 60.5 Å². The van der Waals surface area contributed by atoms with Crippen molar-refractivity contribution in [1.29, 1.82) is 0 Å². The summed E-state index contributed by atoms with van der Waals surface area (Å²) in [5.41, 5.74) is 1.96. The van der Waals surface area contributed by atoms with Gasteiger partial charge in [0.25, 0.3) is 0 Å². The van der Waals surface area contributed by atoms with Crippen molar-refractivity contribution < 1.29 is 9.21 Å². The molecule has 1 heterocycles. The number of amides is 1. The second-order valence-corrected chi connectivity index (χ2v) is 7.41. The third kappa shape index (κ3) is 5.37. The Morgan fingerprint density at radius 3 is 2.68 bits per heavy atom. The zero-order chi connectivity index (χ0) is 19.9. The molecule has 0 bridgehead atoms. The van der Waals surface area contributed by atoms with Crippen LogP contribution in [0.1, 0.15) is 37.1 Å². The van der Waals surface area contributed by atoms with Crippen molar-refractivity contribution in [2.45, 2.75) is 32.1 Å². The largest absolute Gasteiger partial charge is 0.441 e. The Kier molecular flexibility index (Phi) is 7.12. The van der Waals surface area contributed by atoms with Gasteiger partial charge in [-0.05, 0) is 30.2 Å². The van der Waals surface area contributed by atoms with Gasteiger partial charge in [0.1, 0.15) is 0 Å². The molecule has 1 atom stereocenters. The number of nitrogens with zero attached hydrogens (tertiary/aromatic N) is 1. The summed E-state index contributed by atoms with van der Waals surface area (Å²) >= 11 is 12.1. The van der Waals surface area contributed by atoms with E-state index in [1.807, 2.05) is 18.2 Å². The fourth-order valence-corrected chi connectivity index (χ4v) is 3.51. The number of hydrogen-bond donors (Lipinski definition) is 1. The van der Waals surface area contributed by atoms with Gasteiger partial charge in [-0.2, -0.15) is 0 Å². The maximum atomic E-state index is 12.2. The highest BCUT2D eigenvalue weighted by Crippen LogP contribution is 2.30. The summed E-state index contributed by atoms with van der Waals surface area (Å²) in [6.07, 6.45) is 3.33. The first-order valence-electron chi connectivity index (χ1n) is 9.28. The minimum atomic E-state index is -0.0151. The van der Waals surface area contributed by atoms with Gasteiger partial charge in [0.15, 0.2) is 11.7 Å². The summed E-state index contributed by atoms with van der Waals surface area (Å²) in [6.45, 7) is 2.75. The summed E-state index contributed by atoms with van der Waals surface area (Å²) in [5.74, 6) is 1.36. The predicted octanol–water partition coefficient (Wildman–Crippen LogP) is 5.89. The molecule has 0 aliphatic carbocycles. The second kappa shape index (κ2) is 9.76. The zero-order valence-corrected chi connectivity index (χ0v) is 17.1. The smallest absolute Gasteiger partial charge is 0.220 e. The molecule has 0 saturated carbocycles. The average molecular weight is 417 g/mol. The van der Waals surface area contributed by atoms with Gasteiger partial charge in [0.2, 0.25) is 5.91 Å². The van der Waals surface area contributed by atoms with Gasteiger partial charge < -0.3 is 9.73 Å². The number of nitrogens with one attached hydrogen (secondary N) is 1. The van der Waals surface area contributed by atoms with Crippen LogP contribution >= 0.6 is 23.2 Å². The van der Waals surface area contributed by atoms with Gasteiger partial charge in [-0.25, -0.2) is 4.98 Å². The third-order valence-corrected chi connectivity index (χ3v) is 5.17. The average Bonchev–Trinajstić information content (AvgIpc) is 3.16. The molecule has 2 aromatic carbocycles. The number of aromatic nitrogens is 1. The van der Waals surface area contributed by atoms with Crippen molar-refractivity contribution >= 4 is 29.1 Å². The van der Waals surface area contributed by atoms with Crippen molar-refractivity contribution in [3.8, 4) is 11.3 Å². The molecule has 0 radical (unpaired) electrons. The number of rotatable bonds is 8. The van der Waals surface area contributed by atoms with Crippen LogP contribution in [0.2, 0.25) is 10.0 Å². The Balaban J connectivity index is 1.52. The SMILES string of the molecule is CCC(CNC(=O)CCc1ncc(-c2ccc(Cl)cc2Cl)o1)c1ccccc1. The fourth-order valence-electron chi connectivity index (χ4n) is 3.01. The molecule has 28 heavy (non-hydrogen) atoms. The maximum Gasteiger partial charge on any atom is 0.220 e. The molecule has 1 aromatic heterocycles. The van der Waals surface area contributed by atoms with Crippen LogP contribution in [-0.4, -0.2) is 17.4 Å². The number of benzene rings is 2. The highest BCUT2D eigenvalue weighted by molar-refractivity contribution is 6.36. The number of aryl methyl sites for hydroxylation is 1. The van der Waals surface area contributed by atoms with E-state index in [4.69, 9.17) is 27.6 Å². The van der Waals surface area contributed by atoms with Crippen molar-refractivity contribution in [1.82, 2.24) is 10.3 Å². The third-order valence-electron chi connectivity index (χ3n) is 4.63. The summed E-state index contributed by atoms with van der Waals surface area (Å²) in [5, 5.41) is 4.07. The summed E-state index contributed by atoms with van der Waals surface area (Å²) < 4.78 is 5.74. The monoisotopic (exact) mass is 416 g/mol. The van der Waals surface area contributed by atoms with Gasteiger partial charge in [0.05, 0.1) is 11.2 Å². The fraction of sp³-hybridized carbons (Fsp3) is 0.273. The van der Waals surface area contributed by atoms with Crippen LogP contribution < -0.4 is 5.32 Å². The molecule has 4 nitrogen and oxygen atoms in total. The van der Waals surface area contributed by atoms with Crippen molar-refractivity contribution in [3.05, 3.63) is 76.2 Å². The molecule has 0 aliphatic rings. The van der Waals surface area contributed by atoms with E-state index in [1.165, 1.54) is 5.56 Å². The molecule has 146 valence electrons. The molecule has 3 rings (SSSR count). The second-order valence-electron chi connectivity index (χ2n) is 6.56. The van der Waals surface area contributed by atoms with E-state index in [0.717, 1.165) is 12.0 Å². The number of hydrogen-bond acceptors (Lipinski definition) is 3. The van der Waals surface area contributed by atoms with Gasteiger partial charge >= 0.3 is 0 Å². The molecule has 3 aromatic rings. The van der Waals surface area contributed by atoms with Crippen molar-refractivity contribution in [2.24, 2.45) is 0 Å². The quantitative estimate of drug-likeness (QED) is 0.497. The molecule has 6 heteroatoms. The van der Waals surface area contributed by atoms with E-state index >= 15 is 0 Å². The van der Waals surface area contributed by atoms with Crippen LogP contribution in [0.15, 0.2) is 59.1 Å². The molecule has 0 fully saturated rings. The van der Waals surface area contributed by atoms with Crippen LogP contribution in [0.3, 0.4) is 0 Å². The lowest BCUT2D eigenvalue weighted by Gasteiger charge is -2.16. The Bertz CT molecular complexity index is 925. The van der Waals surface area contributed by atoms with Crippen molar-refractivity contribution in [2.75, 3.05) is 6.54 Å². The van der Waals surface area contributed by atoms with Crippen LogP contribution in [0.5, 0.6) is 0 Å². The summed E-state index contributed by atoms with van der Waals surface area (Å²) in [4.78, 5) is 16.5. The molecular weight excluding hydrogens is 395 g/mol. The Labute approximate surface area is 174 Å². The van der Waals surface area contributed by atoms with Gasteiger partial charge in [-0.15, -0.1) is 0 Å². The van der Waals surface area contributed by atoms with Crippen molar-refractivity contribution in [3.63, 3.8) is 0 Å². The van der Waals surface area contributed by atoms with Gasteiger partial charge in [-0.3, -0.25) is 4.79 Å². The van der Waals surface area contributed by atoms with Crippen LogP contribution in [0.4, 0.5) is 0 Å². The topological polar surface area (TPSA) is 55.1 Å². The van der Waals surface area contributed by atoms with Gasteiger partial charge in [0, 0.05) is 35.9 Å². The lowest BCUT2D eigenvalue weighted by molar-refractivity contribution is -0.121. The molecule has 1 unspecified atom stereocenters. The number of carbonyl (C=O) groups excluding carboxylic acids is 1. The Morgan fingerprint density at radius 2 is 1.96 bits per heavy atom. The maximum absolute atomic E-state index is 12.2. The first-order valence-corrected chi connectivity index (χ1v) is 10.0. The minimum absolute atomic E-state index is 0.0151. The van der Waals surface area contributed by atoms with Crippen LogP contribution in [-0.2, 0) is 11.2 Å². The number of oxazole rings is 1. The predicted molar refractivity (Wildman–Crippen MR) is 113 cm³/mol. The van der Waals surface area contributed by atoms with Crippen LogP contribution in [0, 0.1) is 0 Å². The lowest BCUT2D eigenvalue weighted by Crippen LogP contribution is -2.28. The minimum Gasteiger partial charge on any atom is -0.441 e. The summed E-state index contributed by atoms with van der Waals surface area (Å²) in [7, 11) is 0. The molecule has 0 aliphatic heterocycles. The first kappa shape index (κ1) is 20.4. The van der Waals surface area contributed by atoms with E-state index in [1.54, 1.807) is 24.4 Å². The van der Waals surface area contributed by atoms with E-state index in [2.05, 4.69) is 29.4 Å².